The number of amides is 2. The van der Waals surface area contributed by atoms with E-state index in [1.54, 1.807) is 24.2 Å². The standard InChI is InChI=1S/C20H21N5O3S/c1-12-15-18(27)23-11-24-19(15)29-16(12)20(28)25-7-4-14(5-8-25)17(26)22-10-13-3-2-6-21-9-13/h2-3,6,9,11,14H,4-5,7-8,10H2,1H3,(H,22,26)(H,23,24,27). The predicted octanol–water partition coefficient (Wildman–Crippen LogP) is 1.86. The van der Waals surface area contributed by atoms with Gasteiger partial charge in [-0.25, -0.2) is 4.98 Å². The number of pyridine rings is 1. The molecule has 0 spiro atoms. The third-order valence-corrected chi connectivity index (χ3v) is 6.46. The van der Waals surface area contributed by atoms with Gasteiger partial charge in [0.2, 0.25) is 5.91 Å². The number of aryl methyl sites for hydroxylation is 1. The first-order valence-corrected chi connectivity index (χ1v) is 10.3. The van der Waals surface area contributed by atoms with Crippen LogP contribution < -0.4 is 10.9 Å². The summed E-state index contributed by atoms with van der Waals surface area (Å²) in [5.74, 6) is -0.197. The largest absolute Gasteiger partial charge is 0.352 e. The molecule has 1 aliphatic rings. The molecule has 2 N–H and O–H groups in total. The van der Waals surface area contributed by atoms with Gasteiger partial charge in [0.1, 0.15) is 4.83 Å². The van der Waals surface area contributed by atoms with Gasteiger partial charge >= 0.3 is 0 Å². The van der Waals surface area contributed by atoms with E-state index in [9.17, 15) is 14.4 Å². The topological polar surface area (TPSA) is 108 Å². The zero-order valence-electron chi connectivity index (χ0n) is 16.0. The fraction of sp³-hybridized carbons (Fsp3) is 0.350. The van der Waals surface area contributed by atoms with Gasteiger partial charge in [-0.05, 0) is 37.0 Å². The molecule has 0 radical (unpaired) electrons. The highest BCUT2D eigenvalue weighted by Gasteiger charge is 2.29. The summed E-state index contributed by atoms with van der Waals surface area (Å²) in [6.07, 6.45) is 6.02. The number of carbonyl (C=O) groups excluding carboxylic acids is 2. The number of piperidine rings is 1. The van der Waals surface area contributed by atoms with Crippen molar-refractivity contribution in [2.24, 2.45) is 5.92 Å². The Morgan fingerprint density at radius 3 is 2.83 bits per heavy atom. The van der Waals surface area contributed by atoms with Gasteiger partial charge in [-0.1, -0.05) is 6.07 Å². The van der Waals surface area contributed by atoms with Crippen LogP contribution >= 0.6 is 11.3 Å². The van der Waals surface area contributed by atoms with Crippen LogP contribution in [0.25, 0.3) is 10.2 Å². The Labute approximate surface area is 171 Å². The number of aromatic nitrogens is 3. The second kappa shape index (κ2) is 8.12. The van der Waals surface area contributed by atoms with Crippen molar-refractivity contribution in [3.8, 4) is 0 Å². The fourth-order valence-electron chi connectivity index (χ4n) is 3.61. The molecule has 4 heterocycles. The maximum Gasteiger partial charge on any atom is 0.264 e. The van der Waals surface area contributed by atoms with Crippen LogP contribution in [0.4, 0.5) is 0 Å². The van der Waals surface area contributed by atoms with Crippen LogP contribution in [0.2, 0.25) is 0 Å². The summed E-state index contributed by atoms with van der Waals surface area (Å²) in [7, 11) is 0. The molecule has 0 unspecified atom stereocenters. The van der Waals surface area contributed by atoms with E-state index in [-0.39, 0.29) is 23.3 Å². The van der Waals surface area contributed by atoms with E-state index in [1.165, 1.54) is 17.7 Å². The Balaban J connectivity index is 1.37. The van der Waals surface area contributed by atoms with Crippen molar-refractivity contribution in [1.29, 1.82) is 0 Å². The smallest absolute Gasteiger partial charge is 0.264 e. The highest BCUT2D eigenvalue weighted by atomic mass is 32.1. The predicted molar refractivity (Wildman–Crippen MR) is 110 cm³/mol. The fourth-order valence-corrected chi connectivity index (χ4v) is 4.73. The van der Waals surface area contributed by atoms with Gasteiger partial charge in [0.15, 0.2) is 0 Å². The Morgan fingerprint density at radius 1 is 1.34 bits per heavy atom. The van der Waals surface area contributed by atoms with Crippen LogP contribution in [0.3, 0.4) is 0 Å². The van der Waals surface area contributed by atoms with Gasteiger partial charge in [-0.15, -0.1) is 11.3 Å². The van der Waals surface area contributed by atoms with Gasteiger partial charge in [0.25, 0.3) is 11.5 Å². The first kappa shape index (κ1) is 19.3. The maximum absolute atomic E-state index is 13.0. The number of carbonyl (C=O) groups is 2. The summed E-state index contributed by atoms with van der Waals surface area (Å²) in [5.41, 5.74) is 1.39. The lowest BCUT2D eigenvalue weighted by Gasteiger charge is -2.31. The van der Waals surface area contributed by atoms with Crippen molar-refractivity contribution in [3.05, 3.63) is 57.2 Å². The Bertz CT molecular complexity index is 1100. The van der Waals surface area contributed by atoms with E-state index >= 15 is 0 Å². The lowest BCUT2D eigenvalue weighted by atomic mass is 9.95. The number of hydrogen-bond donors (Lipinski definition) is 2. The van der Waals surface area contributed by atoms with E-state index in [0.29, 0.717) is 53.1 Å². The van der Waals surface area contributed by atoms with Crippen molar-refractivity contribution in [3.63, 3.8) is 0 Å². The molecular weight excluding hydrogens is 390 g/mol. The van der Waals surface area contributed by atoms with Gasteiger partial charge in [0, 0.05) is 37.9 Å². The number of rotatable bonds is 4. The Kier molecular flexibility index (Phi) is 5.39. The summed E-state index contributed by atoms with van der Waals surface area (Å²) in [5, 5.41) is 3.43. The minimum atomic E-state index is -0.230. The number of fused-ring (bicyclic) bond motifs is 1. The van der Waals surface area contributed by atoms with Gasteiger partial charge in [-0.3, -0.25) is 19.4 Å². The van der Waals surface area contributed by atoms with Gasteiger partial charge < -0.3 is 15.2 Å². The second-order valence-electron chi connectivity index (χ2n) is 7.11. The summed E-state index contributed by atoms with van der Waals surface area (Å²) in [4.78, 5) is 51.1. The quantitative estimate of drug-likeness (QED) is 0.681. The van der Waals surface area contributed by atoms with Crippen LogP contribution in [-0.4, -0.2) is 44.8 Å². The van der Waals surface area contributed by atoms with Crippen LogP contribution in [0, 0.1) is 12.8 Å². The summed E-state index contributed by atoms with van der Waals surface area (Å²) < 4.78 is 0. The van der Waals surface area contributed by atoms with Crippen LogP contribution in [0.1, 0.15) is 33.6 Å². The van der Waals surface area contributed by atoms with E-state index < -0.39 is 0 Å². The SMILES string of the molecule is Cc1c(C(=O)N2CCC(C(=O)NCc3cccnc3)CC2)sc2nc[nH]c(=O)c12. The minimum absolute atomic E-state index is 0.00901. The van der Waals surface area contributed by atoms with Gasteiger partial charge in [-0.2, -0.15) is 0 Å². The number of H-pyrrole nitrogens is 1. The van der Waals surface area contributed by atoms with Gasteiger partial charge in [0.05, 0.1) is 16.6 Å². The van der Waals surface area contributed by atoms with E-state index in [2.05, 4.69) is 20.3 Å². The van der Waals surface area contributed by atoms with Crippen LogP contribution in [-0.2, 0) is 11.3 Å². The van der Waals surface area contributed by atoms with Crippen molar-refractivity contribution < 1.29 is 9.59 Å². The average Bonchev–Trinajstić information content (AvgIpc) is 3.10. The molecule has 4 rings (SSSR count). The number of nitrogens with zero attached hydrogens (tertiary/aromatic N) is 3. The first-order valence-electron chi connectivity index (χ1n) is 9.47. The molecule has 8 nitrogen and oxygen atoms in total. The number of likely N-dealkylation sites (tertiary alicyclic amines) is 1. The van der Waals surface area contributed by atoms with Crippen molar-refractivity contribution in [1.82, 2.24) is 25.2 Å². The Hall–Kier alpha value is -3.07. The second-order valence-corrected chi connectivity index (χ2v) is 8.11. The maximum atomic E-state index is 13.0. The molecule has 3 aromatic heterocycles. The minimum Gasteiger partial charge on any atom is -0.352 e. The average molecular weight is 411 g/mol. The molecule has 1 saturated heterocycles. The summed E-state index contributed by atoms with van der Waals surface area (Å²) >= 11 is 1.25. The molecule has 0 aliphatic carbocycles. The zero-order chi connectivity index (χ0) is 20.4. The van der Waals surface area contributed by atoms with Crippen molar-refractivity contribution in [2.45, 2.75) is 26.3 Å². The number of aromatic amines is 1. The van der Waals surface area contributed by atoms with E-state index in [0.717, 1.165) is 5.56 Å². The molecule has 1 fully saturated rings. The highest BCUT2D eigenvalue weighted by Crippen LogP contribution is 2.29. The molecular formula is C20H21N5O3S. The third-order valence-electron chi connectivity index (χ3n) is 5.27. The van der Waals surface area contributed by atoms with E-state index in [4.69, 9.17) is 0 Å². The molecule has 0 atom stereocenters. The number of nitrogens with one attached hydrogen (secondary N) is 2. The van der Waals surface area contributed by atoms with Crippen LogP contribution in [0.5, 0.6) is 0 Å². The molecule has 2 amide bonds. The van der Waals surface area contributed by atoms with Crippen molar-refractivity contribution in [2.75, 3.05) is 13.1 Å². The summed E-state index contributed by atoms with van der Waals surface area (Å²) in [6, 6.07) is 3.76. The normalized spacial score (nSPS) is 14.9. The molecule has 29 heavy (non-hydrogen) atoms. The highest BCUT2D eigenvalue weighted by molar-refractivity contribution is 7.20. The number of hydrogen-bond acceptors (Lipinski definition) is 6. The molecule has 1 aliphatic heterocycles. The summed E-state index contributed by atoms with van der Waals surface area (Å²) in [6.45, 7) is 3.26. The third kappa shape index (κ3) is 3.91. The Morgan fingerprint density at radius 2 is 2.14 bits per heavy atom. The lowest BCUT2D eigenvalue weighted by Crippen LogP contribution is -2.42. The number of thiophene rings is 1. The molecule has 0 aromatic carbocycles. The van der Waals surface area contributed by atoms with Crippen LogP contribution in [0.15, 0.2) is 35.6 Å². The zero-order valence-corrected chi connectivity index (χ0v) is 16.8. The molecule has 0 saturated carbocycles. The van der Waals surface area contributed by atoms with Crippen molar-refractivity contribution >= 4 is 33.4 Å². The lowest BCUT2D eigenvalue weighted by molar-refractivity contribution is -0.126. The molecule has 150 valence electrons. The molecule has 9 heteroatoms. The monoisotopic (exact) mass is 411 g/mol. The van der Waals surface area contributed by atoms with E-state index in [1.807, 2.05) is 12.1 Å². The first-order chi connectivity index (χ1) is 14.0. The molecule has 0 bridgehead atoms. The molecule has 3 aromatic rings.